The number of morpholine rings is 1. The molecule has 1 atom stereocenters. The maximum absolute atomic E-state index is 12.7. The van der Waals surface area contributed by atoms with Crippen molar-refractivity contribution in [3.8, 4) is 0 Å². The molecule has 2 aromatic rings. The summed E-state index contributed by atoms with van der Waals surface area (Å²) in [6.07, 6.45) is 3.84. The molecule has 1 amide bonds. The largest absolute Gasteiger partial charge is 0.368 e. The summed E-state index contributed by atoms with van der Waals surface area (Å²) in [7, 11) is 2.03. The van der Waals surface area contributed by atoms with E-state index in [-0.39, 0.29) is 17.6 Å². The molecule has 5 rings (SSSR count). The number of rotatable bonds is 2. The van der Waals surface area contributed by atoms with Crippen LogP contribution in [0.5, 0.6) is 0 Å². The van der Waals surface area contributed by atoms with Crippen LogP contribution in [0.3, 0.4) is 0 Å². The number of nitrogens with zero attached hydrogens (tertiary/aromatic N) is 7. The van der Waals surface area contributed by atoms with Gasteiger partial charge in [0.1, 0.15) is 23.8 Å². The van der Waals surface area contributed by atoms with Gasteiger partial charge in [-0.25, -0.2) is 0 Å². The van der Waals surface area contributed by atoms with Crippen molar-refractivity contribution in [2.75, 3.05) is 51.3 Å². The molecule has 0 radical (unpaired) electrons. The van der Waals surface area contributed by atoms with Crippen molar-refractivity contribution in [3.05, 3.63) is 18.5 Å². The number of hydrogen-bond donors (Lipinski definition) is 0. The van der Waals surface area contributed by atoms with Crippen molar-refractivity contribution in [2.45, 2.75) is 24.5 Å². The molecule has 0 saturated carbocycles. The van der Waals surface area contributed by atoms with E-state index in [2.05, 4.69) is 25.1 Å². The van der Waals surface area contributed by atoms with Crippen LogP contribution in [-0.4, -0.2) is 93.5 Å². The zero-order valence-corrected chi connectivity index (χ0v) is 14.9. The van der Waals surface area contributed by atoms with E-state index in [1.807, 2.05) is 24.1 Å². The van der Waals surface area contributed by atoms with E-state index in [0.29, 0.717) is 6.61 Å². The van der Waals surface area contributed by atoms with Crippen LogP contribution in [0.4, 0.5) is 5.82 Å². The van der Waals surface area contributed by atoms with E-state index in [0.717, 1.165) is 57.0 Å². The number of hydrogen-bond acceptors (Lipinski definition) is 7. The SMILES string of the molecule is CN1CC2(CN(c3ccc4nncn4n3)C2)OCC1C(=O)N1CCCC1. The second-order valence-corrected chi connectivity index (χ2v) is 7.64. The third-order valence-electron chi connectivity index (χ3n) is 5.75. The fraction of sp³-hybridized carbons (Fsp3) is 0.647. The number of likely N-dealkylation sites (tertiary alicyclic amines) is 1. The maximum Gasteiger partial charge on any atom is 0.242 e. The Kier molecular flexibility index (Phi) is 3.61. The summed E-state index contributed by atoms with van der Waals surface area (Å²) >= 11 is 0. The predicted octanol–water partition coefficient (Wildman–Crippen LogP) is -0.364. The summed E-state index contributed by atoms with van der Waals surface area (Å²) < 4.78 is 7.88. The molecule has 26 heavy (non-hydrogen) atoms. The molecule has 0 bridgehead atoms. The van der Waals surface area contributed by atoms with Crippen LogP contribution in [0.1, 0.15) is 12.8 Å². The third kappa shape index (κ3) is 2.53. The first kappa shape index (κ1) is 16.0. The fourth-order valence-corrected chi connectivity index (χ4v) is 4.29. The third-order valence-corrected chi connectivity index (χ3v) is 5.75. The summed E-state index contributed by atoms with van der Waals surface area (Å²) in [5.74, 6) is 1.11. The Morgan fingerprint density at radius 3 is 2.81 bits per heavy atom. The normalized spacial score (nSPS) is 25.8. The minimum Gasteiger partial charge on any atom is -0.368 e. The van der Waals surface area contributed by atoms with Crippen LogP contribution in [0.15, 0.2) is 18.5 Å². The molecule has 9 nitrogen and oxygen atoms in total. The topological polar surface area (TPSA) is 79.1 Å². The van der Waals surface area contributed by atoms with Gasteiger partial charge >= 0.3 is 0 Å². The van der Waals surface area contributed by atoms with Gasteiger partial charge < -0.3 is 14.5 Å². The lowest BCUT2D eigenvalue weighted by Gasteiger charge is -2.55. The summed E-state index contributed by atoms with van der Waals surface area (Å²) in [5.41, 5.74) is 0.529. The van der Waals surface area contributed by atoms with E-state index in [1.165, 1.54) is 0 Å². The smallest absolute Gasteiger partial charge is 0.242 e. The number of aromatic nitrogens is 4. The molecule has 138 valence electrons. The van der Waals surface area contributed by atoms with Crippen LogP contribution in [0.2, 0.25) is 0 Å². The number of ether oxygens (including phenoxy) is 1. The van der Waals surface area contributed by atoms with E-state index >= 15 is 0 Å². The van der Waals surface area contributed by atoms with Crippen LogP contribution in [-0.2, 0) is 9.53 Å². The highest BCUT2D eigenvalue weighted by Crippen LogP contribution is 2.33. The average Bonchev–Trinajstić information content (AvgIpc) is 3.29. The monoisotopic (exact) mass is 357 g/mol. The fourth-order valence-electron chi connectivity index (χ4n) is 4.29. The van der Waals surface area contributed by atoms with Gasteiger partial charge in [-0.2, -0.15) is 4.52 Å². The van der Waals surface area contributed by atoms with Gasteiger partial charge in [-0.3, -0.25) is 9.69 Å². The molecule has 2 aromatic heterocycles. The quantitative estimate of drug-likeness (QED) is 0.726. The van der Waals surface area contributed by atoms with Gasteiger partial charge in [-0.15, -0.1) is 15.3 Å². The highest BCUT2D eigenvalue weighted by Gasteiger charge is 2.50. The van der Waals surface area contributed by atoms with Gasteiger partial charge in [-0.05, 0) is 32.0 Å². The van der Waals surface area contributed by atoms with E-state index in [9.17, 15) is 4.79 Å². The summed E-state index contributed by atoms with van der Waals surface area (Å²) in [4.78, 5) is 19.0. The Morgan fingerprint density at radius 2 is 2.04 bits per heavy atom. The Balaban J connectivity index is 1.23. The average molecular weight is 357 g/mol. The molecule has 3 saturated heterocycles. The molecule has 1 unspecified atom stereocenters. The van der Waals surface area contributed by atoms with E-state index < -0.39 is 0 Å². The second-order valence-electron chi connectivity index (χ2n) is 7.64. The number of amides is 1. The lowest BCUT2D eigenvalue weighted by atomic mass is 9.90. The van der Waals surface area contributed by atoms with Crippen molar-refractivity contribution in [3.63, 3.8) is 0 Å². The summed E-state index contributed by atoms with van der Waals surface area (Å²) in [6.45, 7) is 4.57. The van der Waals surface area contributed by atoms with Gasteiger partial charge in [0.2, 0.25) is 5.91 Å². The lowest BCUT2D eigenvalue weighted by molar-refractivity contribution is -0.164. The molecular formula is C17H23N7O2. The predicted molar refractivity (Wildman–Crippen MR) is 93.9 cm³/mol. The lowest BCUT2D eigenvalue weighted by Crippen LogP contribution is -2.72. The Morgan fingerprint density at radius 1 is 1.23 bits per heavy atom. The van der Waals surface area contributed by atoms with Gasteiger partial charge in [-0.1, -0.05) is 0 Å². The standard InChI is InChI=1S/C17H23N7O2/c1-21-9-17(26-8-13(21)16(25)22-6-2-3-7-22)10-23(11-17)15-5-4-14-19-18-12-24(14)20-15/h4-5,12-13H,2-3,6-11H2,1H3. The first-order valence-corrected chi connectivity index (χ1v) is 9.19. The molecule has 0 aromatic carbocycles. The highest BCUT2D eigenvalue weighted by molar-refractivity contribution is 5.82. The zero-order chi connectivity index (χ0) is 17.7. The van der Waals surface area contributed by atoms with Crippen LogP contribution >= 0.6 is 0 Å². The highest BCUT2D eigenvalue weighted by atomic mass is 16.5. The maximum atomic E-state index is 12.7. The molecule has 0 aliphatic carbocycles. The molecular weight excluding hydrogens is 334 g/mol. The summed E-state index contributed by atoms with van der Waals surface area (Å²) in [6, 6.07) is 3.72. The Bertz CT molecular complexity index is 825. The number of anilines is 1. The van der Waals surface area contributed by atoms with Crippen LogP contribution in [0.25, 0.3) is 5.65 Å². The van der Waals surface area contributed by atoms with Crippen molar-refractivity contribution in [1.82, 2.24) is 29.6 Å². The first-order valence-electron chi connectivity index (χ1n) is 9.19. The van der Waals surface area contributed by atoms with E-state index in [4.69, 9.17) is 4.74 Å². The molecule has 5 heterocycles. The molecule has 3 aliphatic rings. The van der Waals surface area contributed by atoms with Crippen LogP contribution < -0.4 is 4.90 Å². The second kappa shape index (κ2) is 5.88. The molecule has 0 N–H and O–H groups in total. The Labute approximate surface area is 151 Å². The molecule has 3 aliphatic heterocycles. The Hall–Kier alpha value is -2.26. The molecule has 1 spiro atoms. The van der Waals surface area contributed by atoms with Gasteiger partial charge in [0.05, 0.1) is 19.7 Å². The number of carbonyl (C=O) groups excluding carboxylic acids is 1. The number of carbonyl (C=O) groups is 1. The van der Waals surface area contributed by atoms with Gasteiger partial charge in [0.25, 0.3) is 0 Å². The van der Waals surface area contributed by atoms with Crippen molar-refractivity contribution in [2.24, 2.45) is 0 Å². The number of fused-ring (bicyclic) bond motifs is 1. The van der Waals surface area contributed by atoms with Crippen molar-refractivity contribution >= 4 is 17.4 Å². The zero-order valence-electron chi connectivity index (χ0n) is 14.9. The first-order chi connectivity index (χ1) is 12.6. The van der Waals surface area contributed by atoms with Gasteiger partial charge in [0.15, 0.2) is 5.65 Å². The van der Waals surface area contributed by atoms with Crippen LogP contribution in [0, 0.1) is 0 Å². The minimum atomic E-state index is -0.208. The molecule has 3 fully saturated rings. The van der Waals surface area contributed by atoms with Crippen molar-refractivity contribution < 1.29 is 9.53 Å². The van der Waals surface area contributed by atoms with Gasteiger partial charge in [0, 0.05) is 19.6 Å². The molecule has 9 heteroatoms. The van der Waals surface area contributed by atoms with E-state index in [1.54, 1.807) is 10.8 Å². The minimum absolute atomic E-state index is 0.153. The van der Waals surface area contributed by atoms with Crippen molar-refractivity contribution in [1.29, 1.82) is 0 Å². The number of likely N-dealkylation sites (N-methyl/N-ethyl adjacent to an activating group) is 1. The summed E-state index contributed by atoms with van der Waals surface area (Å²) in [5, 5.41) is 12.4.